The Balaban J connectivity index is 2.10. The van der Waals surface area contributed by atoms with E-state index in [0.717, 1.165) is 25.7 Å². The molecule has 2 N–H and O–H groups in total. The van der Waals surface area contributed by atoms with Crippen molar-refractivity contribution in [3.05, 3.63) is 0 Å². The van der Waals surface area contributed by atoms with Gasteiger partial charge in [0.25, 0.3) is 10.2 Å². The number of piperidine rings is 1. The molecule has 0 aromatic heterocycles. The zero-order valence-electron chi connectivity index (χ0n) is 12.8. The van der Waals surface area contributed by atoms with Crippen LogP contribution in [-0.2, 0) is 19.7 Å². The van der Waals surface area contributed by atoms with E-state index in [1.54, 1.807) is 7.11 Å². The SMILES string of the molecule is COCCOCCCCNS(=O)(=O)N1CCC(CO)CC1. The van der Waals surface area contributed by atoms with Gasteiger partial charge in [0.1, 0.15) is 0 Å². The van der Waals surface area contributed by atoms with Gasteiger partial charge in [-0.15, -0.1) is 0 Å². The van der Waals surface area contributed by atoms with E-state index in [9.17, 15) is 8.42 Å². The average molecular weight is 324 g/mol. The molecule has 7 nitrogen and oxygen atoms in total. The lowest BCUT2D eigenvalue weighted by Gasteiger charge is -2.30. The second-order valence-corrected chi connectivity index (χ2v) is 6.99. The minimum absolute atomic E-state index is 0.143. The van der Waals surface area contributed by atoms with Gasteiger partial charge >= 0.3 is 0 Å². The lowest BCUT2D eigenvalue weighted by atomic mass is 10.00. The molecule has 21 heavy (non-hydrogen) atoms. The lowest BCUT2D eigenvalue weighted by Crippen LogP contribution is -2.45. The molecule has 0 spiro atoms. The Morgan fingerprint density at radius 2 is 1.90 bits per heavy atom. The smallest absolute Gasteiger partial charge is 0.279 e. The van der Waals surface area contributed by atoms with E-state index >= 15 is 0 Å². The van der Waals surface area contributed by atoms with E-state index in [0.29, 0.717) is 39.5 Å². The number of rotatable bonds is 11. The molecule has 0 aromatic carbocycles. The van der Waals surface area contributed by atoms with Crippen molar-refractivity contribution in [3.63, 3.8) is 0 Å². The van der Waals surface area contributed by atoms with Crippen LogP contribution in [0.1, 0.15) is 25.7 Å². The molecule has 1 fully saturated rings. The Morgan fingerprint density at radius 1 is 1.19 bits per heavy atom. The van der Waals surface area contributed by atoms with Crippen molar-refractivity contribution in [1.29, 1.82) is 0 Å². The fraction of sp³-hybridized carbons (Fsp3) is 1.00. The summed E-state index contributed by atoms with van der Waals surface area (Å²) in [6, 6.07) is 0. The van der Waals surface area contributed by atoms with E-state index in [4.69, 9.17) is 14.6 Å². The standard InChI is InChI=1S/C13H28N2O5S/c1-19-10-11-20-9-3-2-6-14-21(17,18)15-7-4-13(12-16)5-8-15/h13-14,16H,2-12H2,1H3. The highest BCUT2D eigenvalue weighted by Crippen LogP contribution is 2.18. The van der Waals surface area contributed by atoms with Crippen molar-refractivity contribution in [3.8, 4) is 0 Å². The summed E-state index contributed by atoms with van der Waals surface area (Å²) >= 11 is 0. The third kappa shape index (κ3) is 7.53. The number of nitrogens with zero attached hydrogens (tertiary/aromatic N) is 1. The van der Waals surface area contributed by atoms with E-state index < -0.39 is 10.2 Å². The van der Waals surface area contributed by atoms with E-state index in [-0.39, 0.29) is 12.5 Å². The van der Waals surface area contributed by atoms with Crippen LogP contribution in [0.2, 0.25) is 0 Å². The zero-order valence-corrected chi connectivity index (χ0v) is 13.6. The summed E-state index contributed by atoms with van der Waals surface area (Å²) < 4.78 is 38.4. The molecule has 1 heterocycles. The Kier molecular flexibility index (Phi) is 9.37. The van der Waals surface area contributed by atoms with E-state index in [1.165, 1.54) is 4.31 Å². The third-order valence-electron chi connectivity index (χ3n) is 3.60. The Labute approximate surface area is 127 Å². The topological polar surface area (TPSA) is 88.1 Å². The highest BCUT2D eigenvalue weighted by Gasteiger charge is 2.26. The summed E-state index contributed by atoms with van der Waals surface area (Å²) in [4.78, 5) is 0. The average Bonchev–Trinajstić information content (AvgIpc) is 2.50. The van der Waals surface area contributed by atoms with Gasteiger partial charge in [-0.3, -0.25) is 0 Å². The molecule has 1 saturated heterocycles. The summed E-state index contributed by atoms with van der Waals surface area (Å²) in [5.41, 5.74) is 0. The highest BCUT2D eigenvalue weighted by atomic mass is 32.2. The molecule has 0 bridgehead atoms. The number of methoxy groups -OCH3 is 1. The molecule has 126 valence electrons. The molecule has 0 radical (unpaired) electrons. The fourth-order valence-electron chi connectivity index (χ4n) is 2.20. The molecule has 0 unspecified atom stereocenters. The van der Waals surface area contributed by atoms with Gasteiger partial charge in [-0.2, -0.15) is 12.7 Å². The molecule has 0 amide bonds. The molecule has 0 aliphatic carbocycles. The van der Waals surface area contributed by atoms with Crippen molar-refractivity contribution in [2.24, 2.45) is 5.92 Å². The first kappa shape index (κ1) is 18.8. The molecule has 1 aliphatic heterocycles. The van der Waals surface area contributed by atoms with Crippen LogP contribution >= 0.6 is 0 Å². The fourth-order valence-corrected chi connectivity index (χ4v) is 3.47. The first-order valence-electron chi connectivity index (χ1n) is 7.52. The number of nitrogens with one attached hydrogen (secondary N) is 1. The maximum absolute atomic E-state index is 12.1. The highest BCUT2D eigenvalue weighted by molar-refractivity contribution is 7.87. The van der Waals surface area contributed by atoms with Crippen LogP contribution in [0.5, 0.6) is 0 Å². The second-order valence-electron chi connectivity index (χ2n) is 5.24. The Hall–Kier alpha value is -0.250. The molecule has 8 heteroatoms. The van der Waals surface area contributed by atoms with Crippen LogP contribution in [0.3, 0.4) is 0 Å². The monoisotopic (exact) mass is 324 g/mol. The van der Waals surface area contributed by atoms with Crippen molar-refractivity contribution >= 4 is 10.2 Å². The molecule has 1 rings (SSSR count). The van der Waals surface area contributed by atoms with Crippen molar-refractivity contribution < 1.29 is 23.0 Å². The van der Waals surface area contributed by atoms with Crippen LogP contribution in [-0.4, -0.2) is 71.0 Å². The molecule has 0 atom stereocenters. The maximum Gasteiger partial charge on any atom is 0.279 e. The van der Waals surface area contributed by atoms with Crippen molar-refractivity contribution in [1.82, 2.24) is 9.03 Å². The van der Waals surface area contributed by atoms with Gasteiger partial charge in [-0.25, -0.2) is 4.72 Å². The predicted molar refractivity (Wildman–Crippen MR) is 80.2 cm³/mol. The minimum atomic E-state index is -3.38. The summed E-state index contributed by atoms with van der Waals surface area (Å²) in [6.45, 7) is 3.31. The van der Waals surface area contributed by atoms with Gasteiger partial charge in [0.05, 0.1) is 13.2 Å². The normalized spacial score (nSPS) is 18.2. The van der Waals surface area contributed by atoms with Gasteiger partial charge in [0.2, 0.25) is 0 Å². The summed E-state index contributed by atoms with van der Waals surface area (Å²) in [6.07, 6.45) is 3.02. The number of aliphatic hydroxyl groups is 1. The molecular formula is C13H28N2O5S. The van der Waals surface area contributed by atoms with Crippen LogP contribution in [0, 0.1) is 5.92 Å². The van der Waals surface area contributed by atoms with Gasteiger partial charge in [-0.05, 0) is 31.6 Å². The van der Waals surface area contributed by atoms with E-state index in [1.807, 2.05) is 0 Å². The minimum Gasteiger partial charge on any atom is -0.396 e. The molecule has 1 aliphatic rings. The predicted octanol–water partition coefficient (Wildman–Crippen LogP) is -0.0317. The second kappa shape index (κ2) is 10.5. The summed E-state index contributed by atoms with van der Waals surface area (Å²) in [7, 11) is -1.75. The van der Waals surface area contributed by atoms with Gasteiger partial charge in [0.15, 0.2) is 0 Å². The number of hydrogen-bond acceptors (Lipinski definition) is 5. The van der Waals surface area contributed by atoms with Crippen LogP contribution in [0.4, 0.5) is 0 Å². The number of ether oxygens (including phenoxy) is 2. The third-order valence-corrected chi connectivity index (χ3v) is 5.22. The van der Waals surface area contributed by atoms with Crippen LogP contribution in [0.25, 0.3) is 0 Å². The van der Waals surface area contributed by atoms with E-state index in [2.05, 4.69) is 4.72 Å². The quantitative estimate of drug-likeness (QED) is 0.521. The van der Waals surface area contributed by atoms with Gasteiger partial charge < -0.3 is 14.6 Å². The van der Waals surface area contributed by atoms with Gasteiger partial charge in [-0.1, -0.05) is 0 Å². The number of aliphatic hydroxyl groups excluding tert-OH is 1. The molecular weight excluding hydrogens is 296 g/mol. The van der Waals surface area contributed by atoms with Gasteiger partial charge in [0, 0.05) is 40.0 Å². The van der Waals surface area contributed by atoms with Crippen molar-refractivity contribution in [2.75, 3.05) is 53.2 Å². The first-order valence-corrected chi connectivity index (χ1v) is 8.96. The Bertz CT molecular complexity index is 356. The first-order chi connectivity index (χ1) is 10.1. The Morgan fingerprint density at radius 3 is 2.52 bits per heavy atom. The van der Waals surface area contributed by atoms with Crippen molar-refractivity contribution in [2.45, 2.75) is 25.7 Å². The summed E-state index contributed by atoms with van der Waals surface area (Å²) in [5, 5.41) is 9.05. The maximum atomic E-state index is 12.1. The lowest BCUT2D eigenvalue weighted by molar-refractivity contribution is 0.0689. The molecule has 0 saturated carbocycles. The van der Waals surface area contributed by atoms with Crippen LogP contribution < -0.4 is 4.72 Å². The zero-order chi connectivity index (χ0) is 15.6. The molecule has 0 aromatic rings. The largest absolute Gasteiger partial charge is 0.396 e. The van der Waals surface area contributed by atoms with Crippen LogP contribution in [0.15, 0.2) is 0 Å². The number of unbranched alkanes of at least 4 members (excludes halogenated alkanes) is 1. The summed E-state index contributed by atoms with van der Waals surface area (Å²) in [5.74, 6) is 0.237. The number of hydrogen-bond donors (Lipinski definition) is 2.